The molecule has 0 aliphatic carbocycles. The Balaban J connectivity index is 1.62. The van der Waals surface area contributed by atoms with Crippen LogP contribution in [0.4, 0.5) is 5.69 Å². The molecule has 1 unspecified atom stereocenters. The smallest absolute Gasteiger partial charge is 0.408 e. The van der Waals surface area contributed by atoms with E-state index in [1.807, 2.05) is 0 Å². The summed E-state index contributed by atoms with van der Waals surface area (Å²) in [7, 11) is -1.31. The van der Waals surface area contributed by atoms with E-state index in [0.717, 1.165) is 0 Å². The first kappa shape index (κ1) is 15.8. The average molecular weight is 338 g/mol. The van der Waals surface area contributed by atoms with Crippen molar-refractivity contribution in [2.75, 3.05) is 16.8 Å². The van der Waals surface area contributed by atoms with Crippen LogP contribution in [0.5, 0.6) is 0 Å². The van der Waals surface area contributed by atoms with Gasteiger partial charge in [-0.15, -0.1) is 0 Å². The Hall–Kier alpha value is -2.09. The molecule has 3 rings (SSSR count). The van der Waals surface area contributed by atoms with Gasteiger partial charge in [-0.3, -0.25) is 9.36 Å². The van der Waals surface area contributed by atoms with E-state index in [1.54, 1.807) is 25.2 Å². The number of hydrogen-bond donors (Lipinski definition) is 1. The Labute approximate surface area is 133 Å². The van der Waals surface area contributed by atoms with Crippen LogP contribution in [0.15, 0.2) is 27.4 Å². The lowest BCUT2D eigenvalue weighted by Crippen LogP contribution is -2.14. The monoisotopic (exact) mass is 338 g/mol. The summed E-state index contributed by atoms with van der Waals surface area (Å²) >= 11 is 0. The zero-order chi connectivity index (χ0) is 16.6. The second-order valence-corrected chi connectivity index (χ2v) is 8.19. The van der Waals surface area contributed by atoms with Crippen molar-refractivity contribution in [2.45, 2.75) is 19.3 Å². The molecule has 7 nitrogen and oxygen atoms in total. The fraction of sp³-hybridized carbons (Fsp3) is 0.467. The van der Waals surface area contributed by atoms with E-state index in [0.29, 0.717) is 29.6 Å². The van der Waals surface area contributed by atoms with Crippen molar-refractivity contribution in [3.8, 4) is 0 Å². The summed E-state index contributed by atoms with van der Waals surface area (Å²) < 4.78 is 29.2. The molecule has 2 heterocycles. The predicted octanol–water partition coefficient (Wildman–Crippen LogP) is 1.28. The lowest BCUT2D eigenvalue weighted by molar-refractivity contribution is -0.116. The van der Waals surface area contributed by atoms with E-state index in [9.17, 15) is 18.0 Å². The highest BCUT2D eigenvalue weighted by Gasteiger charge is 2.27. The second-order valence-electron chi connectivity index (χ2n) is 5.97. The molecule has 1 amide bonds. The summed E-state index contributed by atoms with van der Waals surface area (Å²) in [6, 6.07) is 4.98. The van der Waals surface area contributed by atoms with Crippen molar-refractivity contribution in [2.24, 2.45) is 13.0 Å². The van der Waals surface area contributed by atoms with Crippen LogP contribution in [0, 0.1) is 5.92 Å². The van der Waals surface area contributed by atoms with Gasteiger partial charge in [-0.2, -0.15) is 0 Å². The summed E-state index contributed by atoms with van der Waals surface area (Å²) in [5, 5.41) is 2.77. The molecule has 8 heteroatoms. The summed E-state index contributed by atoms with van der Waals surface area (Å²) in [4.78, 5) is 23.4. The van der Waals surface area contributed by atoms with E-state index in [2.05, 4.69) is 5.32 Å². The molecule has 124 valence electrons. The van der Waals surface area contributed by atoms with Gasteiger partial charge in [0.1, 0.15) is 0 Å². The van der Waals surface area contributed by atoms with Crippen LogP contribution in [0.25, 0.3) is 11.1 Å². The number of anilines is 1. The number of carbonyl (C=O) groups is 1. The van der Waals surface area contributed by atoms with E-state index in [1.165, 1.54) is 4.57 Å². The summed E-state index contributed by atoms with van der Waals surface area (Å²) in [5.41, 5.74) is 1.65. The zero-order valence-electron chi connectivity index (χ0n) is 12.7. The average Bonchev–Trinajstić information content (AvgIpc) is 2.98. The molecule has 1 aromatic carbocycles. The molecule has 2 aromatic rings. The quantitative estimate of drug-likeness (QED) is 0.905. The fourth-order valence-corrected chi connectivity index (χ4v) is 4.77. The summed E-state index contributed by atoms with van der Waals surface area (Å²) in [6.45, 7) is 0. The highest BCUT2D eigenvalue weighted by molar-refractivity contribution is 7.91. The van der Waals surface area contributed by atoms with Gasteiger partial charge in [-0.1, -0.05) is 0 Å². The number of amides is 1. The van der Waals surface area contributed by atoms with Crippen LogP contribution in [0.2, 0.25) is 0 Å². The lowest BCUT2D eigenvalue weighted by atomic mass is 10.0. The largest absolute Gasteiger partial charge is 0.419 e. The third kappa shape index (κ3) is 3.47. The highest BCUT2D eigenvalue weighted by Crippen LogP contribution is 2.23. The molecular weight excluding hydrogens is 320 g/mol. The van der Waals surface area contributed by atoms with Crippen LogP contribution in [0.3, 0.4) is 0 Å². The SMILES string of the molecule is Cn1c(=O)oc2ccc(NC(=O)CCC3CCS(=O)(=O)C3)cc21. The molecule has 0 bridgehead atoms. The van der Waals surface area contributed by atoms with E-state index < -0.39 is 15.6 Å². The minimum atomic E-state index is -2.90. The normalized spacial score (nSPS) is 20.0. The van der Waals surface area contributed by atoms with Crippen molar-refractivity contribution in [1.29, 1.82) is 0 Å². The number of nitrogens with one attached hydrogen (secondary N) is 1. The van der Waals surface area contributed by atoms with Crippen molar-refractivity contribution < 1.29 is 17.6 Å². The first-order valence-corrected chi connectivity index (χ1v) is 9.26. The van der Waals surface area contributed by atoms with Gasteiger partial charge in [0.05, 0.1) is 17.0 Å². The molecule has 1 saturated heterocycles. The standard InChI is InChI=1S/C15H18N2O5S/c1-17-12-8-11(3-4-13(12)22-15(17)19)16-14(18)5-2-10-6-7-23(20,21)9-10/h3-4,8,10H,2,5-7,9H2,1H3,(H,16,18). The Bertz CT molecular complexity index is 910. The van der Waals surface area contributed by atoms with Gasteiger partial charge in [-0.05, 0) is 37.0 Å². The molecule has 1 fully saturated rings. The molecule has 1 aliphatic heterocycles. The van der Waals surface area contributed by atoms with Crippen LogP contribution in [0.1, 0.15) is 19.3 Å². The fourth-order valence-electron chi connectivity index (χ4n) is 2.86. The first-order chi connectivity index (χ1) is 10.8. The van der Waals surface area contributed by atoms with Crippen molar-refractivity contribution >= 4 is 32.5 Å². The molecule has 1 aromatic heterocycles. The third-order valence-corrected chi connectivity index (χ3v) is 6.02. The number of aryl methyl sites for hydroxylation is 1. The second kappa shape index (κ2) is 5.84. The zero-order valence-corrected chi connectivity index (χ0v) is 13.6. The van der Waals surface area contributed by atoms with Gasteiger partial charge in [0.25, 0.3) is 0 Å². The summed E-state index contributed by atoms with van der Waals surface area (Å²) in [5.74, 6) is -0.135. The number of sulfone groups is 1. The number of carbonyl (C=O) groups excluding carboxylic acids is 1. The highest BCUT2D eigenvalue weighted by atomic mass is 32.2. The van der Waals surface area contributed by atoms with Crippen LogP contribution < -0.4 is 11.1 Å². The minimum Gasteiger partial charge on any atom is -0.408 e. The molecule has 0 radical (unpaired) electrons. The van der Waals surface area contributed by atoms with E-state index >= 15 is 0 Å². The van der Waals surface area contributed by atoms with Crippen molar-refractivity contribution in [3.05, 3.63) is 28.7 Å². The van der Waals surface area contributed by atoms with E-state index in [4.69, 9.17) is 4.42 Å². The van der Waals surface area contributed by atoms with Gasteiger partial charge in [0.2, 0.25) is 5.91 Å². The molecule has 0 spiro atoms. The predicted molar refractivity (Wildman–Crippen MR) is 86.1 cm³/mol. The number of hydrogen-bond acceptors (Lipinski definition) is 5. The lowest BCUT2D eigenvalue weighted by Gasteiger charge is -2.08. The van der Waals surface area contributed by atoms with Crippen LogP contribution in [-0.4, -0.2) is 30.4 Å². The maximum absolute atomic E-state index is 12.0. The van der Waals surface area contributed by atoms with Crippen molar-refractivity contribution in [3.63, 3.8) is 0 Å². The minimum absolute atomic E-state index is 0.0722. The van der Waals surface area contributed by atoms with Gasteiger partial charge < -0.3 is 9.73 Å². The number of benzene rings is 1. The third-order valence-electron chi connectivity index (χ3n) is 4.18. The number of oxazole rings is 1. The Morgan fingerprint density at radius 3 is 2.91 bits per heavy atom. The molecule has 1 atom stereocenters. The van der Waals surface area contributed by atoms with Gasteiger partial charge in [0, 0.05) is 19.2 Å². The number of fused-ring (bicyclic) bond motifs is 1. The molecule has 23 heavy (non-hydrogen) atoms. The molecule has 0 saturated carbocycles. The first-order valence-electron chi connectivity index (χ1n) is 7.44. The molecule has 1 N–H and O–H groups in total. The van der Waals surface area contributed by atoms with Gasteiger partial charge >= 0.3 is 5.76 Å². The number of aromatic nitrogens is 1. The van der Waals surface area contributed by atoms with Gasteiger partial charge in [-0.25, -0.2) is 13.2 Å². The topological polar surface area (TPSA) is 98.4 Å². The summed E-state index contributed by atoms with van der Waals surface area (Å²) in [6.07, 6.45) is 1.48. The van der Waals surface area contributed by atoms with Crippen LogP contribution >= 0.6 is 0 Å². The maximum Gasteiger partial charge on any atom is 0.419 e. The van der Waals surface area contributed by atoms with Gasteiger partial charge in [0.15, 0.2) is 15.4 Å². The maximum atomic E-state index is 12.0. The molecular formula is C15H18N2O5S. The van der Waals surface area contributed by atoms with Crippen molar-refractivity contribution in [1.82, 2.24) is 4.57 Å². The Morgan fingerprint density at radius 2 is 2.22 bits per heavy atom. The Morgan fingerprint density at radius 1 is 1.43 bits per heavy atom. The van der Waals surface area contributed by atoms with E-state index in [-0.39, 0.29) is 29.8 Å². The Kier molecular flexibility index (Phi) is 4.01. The number of nitrogens with zero attached hydrogens (tertiary/aromatic N) is 1. The number of rotatable bonds is 4. The van der Waals surface area contributed by atoms with Crippen LogP contribution in [-0.2, 0) is 21.7 Å². The molecule has 1 aliphatic rings.